The van der Waals surface area contributed by atoms with E-state index >= 15 is 0 Å². The van der Waals surface area contributed by atoms with Crippen LogP contribution in [0.3, 0.4) is 0 Å². The van der Waals surface area contributed by atoms with Gasteiger partial charge in [0.1, 0.15) is 5.78 Å². The zero-order valence-electron chi connectivity index (χ0n) is 21.3. The second-order valence-electron chi connectivity index (χ2n) is 8.90. The van der Waals surface area contributed by atoms with Gasteiger partial charge < -0.3 is 9.47 Å². The van der Waals surface area contributed by atoms with Crippen molar-refractivity contribution in [2.24, 2.45) is 5.92 Å². The average molecular weight is 456 g/mol. The number of Topliss-reactive ketones (excluding diaryl/α,β-unsaturated/α-hetero) is 1. The fraction of sp³-hybridized carbons (Fsp3) is 0.885. The molecule has 0 aliphatic carbocycles. The van der Waals surface area contributed by atoms with Gasteiger partial charge in [0.15, 0.2) is 0 Å². The Kier molecular flexibility index (Phi) is 20.5. The first-order valence-electron chi connectivity index (χ1n) is 13.0. The summed E-state index contributed by atoms with van der Waals surface area (Å²) in [5, 5.41) is 0. The van der Waals surface area contributed by atoms with E-state index in [1.165, 1.54) is 38.5 Å². The van der Waals surface area contributed by atoms with Crippen LogP contribution >= 0.6 is 0 Å². The normalized spacial score (nSPS) is 12.0. The molecule has 1 unspecified atom stereocenters. The lowest BCUT2D eigenvalue weighted by Crippen LogP contribution is -2.40. The number of carbonyl (C=O) groups excluding carboxylic acids is 3. The predicted octanol–water partition coefficient (Wildman–Crippen LogP) is 5.71. The van der Waals surface area contributed by atoms with Crippen LogP contribution in [0.2, 0.25) is 0 Å². The third-order valence-electron chi connectivity index (χ3n) is 5.77. The van der Waals surface area contributed by atoms with Crippen molar-refractivity contribution in [3.8, 4) is 0 Å². The second-order valence-corrected chi connectivity index (χ2v) is 8.90. The van der Waals surface area contributed by atoms with Crippen molar-refractivity contribution in [3.05, 3.63) is 0 Å². The molecule has 0 aliphatic rings. The molecule has 0 aromatic rings. The van der Waals surface area contributed by atoms with Crippen molar-refractivity contribution in [3.63, 3.8) is 0 Å². The van der Waals surface area contributed by atoms with Gasteiger partial charge in [0, 0.05) is 5.92 Å². The molecule has 6 nitrogen and oxygen atoms in total. The van der Waals surface area contributed by atoms with E-state index in [1.807, 2.05) is 13.8 Å². The number of hydrogen-bond acceptors (Lipinski definition) is 6. The topological polar surface area (TPSA) is 72.9 Å². The Bertz CT molecular complexity index is 463. The van der Waals surface area contributed by atoms with Crippen molar-refractivity contribution in [1.29, 1.82) is 0 Å². The molecule has 0 saturated carbocycles. The van der Waals surface area contributed by atoms with Gasteiger partial charge in [-0.3, -0.25) is 19.3 Å². The minimum atomic E-state index is -0.390. The number of esters is 2. The highest BCUT2D eigenvalue weighted by molar-refractivity contribution is 5.84. The molecule has 1 atom stereocenters. The van der Waals surface area contributed by atoms with Gasteiger partial charge in [-0.25, -0.2) is 0 Å². The van der Waals surface area contributed by atoms with Crippen molar-refractivity contribution in [2.75, 3.05) is 32.8 Å². The fourth-order valence-corrected chi connectivity index (χ4v) is 3.36. The number of ketones is 1. The summed E-state index contributed by atoms with van der Waals surface area (Å²) in [6.45, 7) is 8.90. The van der Waals surface area contributed by atoms with Crippen molar-refractivity contribution in [1.82, 2.24) is 4.90 Å². The molecule has 0 radical (unpaired) electrons. The van der Waals surface area contributed by atoms with E-state index in [0.717, 1.165) is 44.9 Å². The van der Waals surface area contributed by atoms with Crippen LogP contribution in [0.5, 0.6) is 0 Å². The highest BCUT2D eigenvalue weighted by Gasteiger charge is 2.21. The van der Waals surface area contributed by atoms with Crippen LogP contribution in [-0.2, 0) is 23.9 Å². The first-order valence-corrected chi connectivity index (χ1v) is 13.0. The maximum Gasteiger partial charge on any atom is 0.320 e. The zero-order valence-corrected chi connectivity index (χ0v) is 21.3. The molecule has 0 aromatic heterocycles. The third-order valence-corrected chi connectivity index (χ3v) is 5.77. The van der Waals surface area contributed by atoms with E-state index in [-0.39, 0.29) is 43.3 Å². The van der Waals surface area contributed by atoms with Gasteiger partial charge in [-0.15, -0.1) is 0 Å². The lowest BCUT2D eigenvalue weighted by atomic mass is 10.0. The van der Waals surface area contributed by atoms with Gasteiger partial charge >= 0.3 is 11.9 Å². The molecule has 0 aromatic carbocycles. The van der Waals surface area contributed by atoms with E-state index in [2.05, 4.69) is 13.8 Å². The molecule has 0 heterocycles. The Morgan fingerprint density at radius 1 is 0.625 bits per heavy atom. The lowest BCUT2D eigenvalue weighted by molar-refractivity contribution is -0.149. The summed E-state index contributed by atoms with van der Waals surface area (Å²) >= 11 is 0. The first kappa shape index (κ1) is 30.6. The number of nitrogens with zero attached hydrogens (tertiary/aromatic N) is 1. The van der Waals surface area contributed by atoms with E-state index in [9.17, 15) is 14.4 Å². The first-order chi connectivity index (χ1) is 15.4. The summed E-state index contributed by atoms with van der Waals surface area (Å²) in [7, 11) is 0. The van der Waals surface area contributed by atoms with Gasteiger partial charge in [-0.05, 0) is 19.3 Å². The molecule has 0 rings (SSSR count). The number of ether oxygens (including phenoxy) is 2. The van der Waals surface area contributed by atoms with Crippen molar-refractivity contribution in [2.45, 2.75) is 111 Å². The lowest BCUT2D eigenvalue weighted by Gasteiger charge is -2.21. The Labute approximate surface area is 196 Å². The minimum Gasteiger partial charge on any atom is -0.465 e. The fourth-order valence-electron chi connectivity index (χ4n) is 3.36. The molecule has 6 heteroatoms. The minimum absolute atomic E-state index is 0.0277. The molecule has 32 heavy (non-hydrogen) atoms. The summed E-state index contributed by atoms with van der Waals surface area (Å²) < 4.78 is 10.7. The van der Waals surface area contributed by atoms with E-state index in [4.69, 9.17) is 9.47 Å². The third kappa shape index (κ3) is 18.2. The Balaban J connectivity index is 4.35. The van der Waals surface area contributed by atoms with Crippen LogP contribution in [0.25, 0.3) is 0 Å². The molecule has 0 spiro atoms. The molecule has 0 aliphatic heterocycles. The number of carbonyl (C=O) groups is 3. The van der Waals surface area contributed by atoms with Crippen molar-refractivity contribution < 1.29 is 23.9 Å². The SMILES string of the molecule is CCCCCCCCOC(=O)CN(CC(=O)OCCCCCCCC)CC(=O)C(C)CC. The highest BCUT2D eigenvalue weighted by Crippen LogP contribution is 2.08. The standard InChI is InChI=1S/C26H49NO5/c1-5-8-10-12-14-16-18-31-25(29)21-27(20-24(28)23(4)7-3)22-26(30)32-19-17-15-13-11-9-6-2/h23H,5-22H2,1-4H3. The van der Waals surface area contributed by atoms with Crippen LogP contribution in [0.1, 0.15) is 111 Å². The van der Waals surface area contributed by atoms with Gasteiger partial charge in [0.25, 0.3) is 0 Å². The summed E-state index contributed by atoms with van der Waals surface area (Å²) in [5.41, 5.74) is 0. The second kappa shape index (κ2) is 21.4. The molecule has 0 saturated heterocycles. The smallest absolute Gasteiger partial charge is 0.320 e. The monoisotopic (exact) mass is 455 g/mol. The largest absolute Gasteiger partial charge is 0.465 e. The van der Waals surface area contributed by atoms with E-state index in [1.54, 1.807) is 4.90 Å². The molecule has 0 amide bonds. The predicted molar refractivity (Wildman–Crippen MR) is 130 cm³/mol. The van der Waals surface area contributed by atoms with Crippen LogP contribution in [0.4, 0.5) is 0 Å². The van der Waals surface area contributed by atoms with Gasteiger partial charge in [-0.2, -0.15) is 0 Å². The summed E-state index contributed by atoms with van der Waals surface area (Å²) in [4.78, 5) is 38.4. The van der Waals surface area contributed by atoms with Crippen LogP contribution in [-0.4, -0.2) is 55.5 Å². The van der Waals surface area contributed by atoms with Crippen LogP contribution in [0.15, 0.2) is 0 Å². The van der Waals surface area contributed by atoms with Gasteiger partial charge in [-0.1, -0.05) is 91.9 Å². The van der Waals surface area contributed by atoms with Crippen molar-refractivity contribution >= 4 is 17.7 Å². The molecular formula is C26H49NO5. The summed E-state index contributed by atoms with van der Waals surface area (Å²) in [6.07, 6.45) is 14.2. The molecule has 0 N–H and O–H groups in total. The van der Waals surface area contributed by atoms with E-state index < -0.39 is 0 Å². The van der Waals surface area contributed by atoms with Crippen LogP contribution < -0.4 is 0 Å². The Morgan fingerprint density at radius 3 is 1.44 bits per heavy atom. The molecule has 188 valence electrons. The maximum absolute atomic E-state index is 12.4. The average Bonchev–Trinajstić information content (AvgIpc) is 2.77. The molecular weight excluding hydrogens is 406 g/mol. The van der Waals surface area contributed by atoms with Crippen LogP contribution in [0, 0.1) is 5.92 Å². The molecule has 0 fully saturated rings. The number of rotatable bonds is 22. The zero-order chi connectivity index (χ0) is 24.0. The molecule has 0 bridgehead atoms. The van der Waals surface area contributed by atoms with Gasteiger partial charge in [0.05, 0.1) is 32.8 Å². The number of unbranched alkanes of at least 4 members (excludes halogenated alkanes) is 10. The quantitative estimate of drug-likeness (QED) is 0.154. The summed E-state index contributed by atoms with van der Waals surface area (Å²) in [6, 6.07) is 0. The highest BCUT2D eigenvalue weighted by atomic mass is 16.5. The van der Waals surface area contributed by atoms with Gasteiger partial charge in [0.2, 0.25) is 0 Å². The number of hydrogen-bond donors (Lipinski definition) is 0. The van der Waals surface area contributed by atoms with E-state index in [0.29, 0.717) is 13.2 Å². The summed E-state index contributed by atoms with van der Waals surface area (Å²) in [5.74, 6) is -0.853. The Morgan fingerprint density at radius 2 is 1.03 bits per heavy atom. The Hall–Kier alpha value is -1.43. The maximum atomic E-state index is 12.4.